The van der Waals surface area contributed by atoms with Crippen molar-refractivity contribution in [1.29, 1.82) is 0 Å². The van der Waals surface area contributed by atoms with Crippen LogP contribution in [0.3, 0.4) is 0 Å². The maximum absolute atomic E-state index is 13.5. The first-order valence-corrected chi connectivity index (χ1v) is 13.6. The molecule has 1 aliphatic heterocycles. The lowest BCUT2D eigenvalue weighted by Crippen LogP contribution is -2.34. The standard InChI is InChI=1S/C23H22BrNO3S3/c1-3-5-6-13(4-2)11-25-22(27)18-19(23(25)28)21(16-9-10-17(24)30-16)31-20(18)15-8-7-14(12-26)29-15/h7-10,12-13H,3-6,11H2,1-2H3. The molecule has 0 fully saturated rings. The zero-order valence-electron chi connectivity index (χ0n) is 17.3. The quantitative estimate of drug-likeness (QED) is 0.209. The Morgan fingerprint density at radius 1 is 0.968 bits per heavy atom. The van der Waals surface area contributed by atoms with Gasteiger partial charge in [-0.1, -0.05) is 33.1 Å². The summed E-state index contributed by atoms with van der Waals surface area (Å²) in [6, 6.07) is 7.56. The van der Waals surface area contributed by atoms with Crippen LogP contribution < -0.4 is 0 Å². The summed E-state index contributed by atoms with van der Waals surface area (Å²) in [4.78, 5) is 43.7. The molecule has 0 aromatic carbocycles. The Kier molecular flexibility index (Phi) is 6.91. The smallest absolute Gasteiger partial charge is 0.263 e. The maximum atomic E-state index is 13.5. The highest BCUT2D eigenvalue weighted by atomic mass is 79.9. The van der Waals surface area contributed by atoms with Crippen molar-refractivity contribution in [3.05, 3.63) is 44.1 Å². The van der Waals surface area contributed by atoms with E-state index in [0.29, 0.717) is 28.5 Å². The highest BCUT2D eigenvalue weighted by molar-refractivity contribution is 9.11. The van der Waals surface area contributed by atoms with Crippen LogP contribution in [0.5, 0.6) is 0 Å². The number of fused-ring (bicyclic) bond motifs is 1. The summed E-state index contributed by atoms with van der Waals surface area (Å²) in [5.41, 5.74) is 1.02. The number of carbonyl (C=O) groups is 3. The van der Waals surface area contributed by atoms with Crippen molar-refractivity contribution in [2.75, 3.05) is 6.54 Å². The SMILES string of the molecule is CCCCC(CC)CN1C(=O)c2c(-c3ccc(Br)s3)sc(-c3ccc(C=O)s3)c2C1=O. The summed E-state index contributed by atoms with van der Waals surface area (Å²) in [7, 11) is 0. The molecule has 31 heavy (non-hydrogen) atoms. The van der Waals surface area contributed by atoms with Gasteiger partial charge in [-0.25, -0.2) is 0 Å². The molecule has 1 aliphatic rings. The Labute approximate surface area is 202 Å². The Balaban J connectivity index is 1.79. The molecular weight excluding hydrogens is 514 g/mol. The zero-order valence-corrected chi connectivity index (χ0v) is 21.3. The van der Waals surface area contributed by atoms with Crippen molar-refractivity contribution >= 4 is 68.0 Å². The summed E-state index contributed by atoms with van der Waals surface area (Å²) in [5.74, 6) is -0.0834. The number of unbranched alkanes of at least 4 members (excludes halogenated alkanes) is 1. The summed E-state index contributed by atoms with van der Waals surface area (Å²) in [6.07, 6.45) is 4.97. The van der Waals surface area contributed by atoms with E-state index < -0.39 is 0 Å². The van der Waals surface area contributed by atoms with Gasteiger partial charge in [0.05, 0.1) is 29.5 Å². The van der Waals surface area contributed by atoms with E-state index in [2.05, 4.69) is 29.8 Å². The molecule has 1 unspecified atom stereocenters. The van der Waals surface area contributed by atoms with Crippen LogP contribution in [-0.2, 0) is 0 Å². The minimum atomic E-state index is -0.205. The second-order valence-corrected chi connectivity index (χ2v) is 12.2. The second-order valence-electron chi connectivity index (χ2n) is 7.57. The minimum absolute atomic E-state index is 0.191. The third kappa shape index (κ3) is 4.23. The lowest BCUT2D eigenvalue weighted by molar-refractivity contribution is 0.0624. The molecule has 8 heteroatoms. The summed E-state index contributed by atoms with van der Waals surface area (Å²) >= 11 is 7.88. The molecule has 3 aromatic rings. The molecule has 0 spiro atoms. The molecule has 0 bridgehead atoms. The van der Waals surface area contributed by atoms with E-state index in [1.54, 1.807) is 17.4 Å². The number of carbonyl (C=O) groups excluding carboxylic acids is 3. The van der Waals surface area contributed by atoms with E-state index in [0.717, 1.165) is 55.3 Å². The molecule has 4 rings (SSSR count). The fraction of sp³-hybridized carbons (Fsp3) is 0.348. The van der Waals surface area contributed by atoms with Gasteiger partial charge < -0.3 is 0 Å². The van der Waals surface area contributed by atoms with Gasteiger partial charge in [0.2, 0.25) is 0 Å². The molecule has 162 valence electrons. The van der Waals surface area contributed by atoms with E-state index in [4.69, 9.17) is 0 Å². The number of hydrogen-bond acceptors (Lipinski definition) is 6. The van der Waals surface area contributed by atoms with Gasteiger partial charge in [-0.05, 0) is 52.5 Å². The number of nitrogens with zero attached hydrogens (tertiary/aromatic N) is 1. The monoisotopic (exact) mass is 535 g/mol. The third-order valence-corrected chi connectivity index (χ3v) is 9.76. The largest absolute Gasteiger partial charge is 0.297 e. The van der Waals surface area contributed by atoms with Gasteiger partial charge in [0, 0.05) is 16.3 Å². The van der Waals surface area contributed by atoms with Crippen molar-refractivity contribution in [2.45, 2.75) is 39.5 Å². The van der Waals surface area contributed by atoms with Crippen molar-refractivity contribution in [3.63, 3.8) is 0 Å². The molecule has 0 radical (unpaired) electrons. The summed E-state index contributed by atoms with van der Waals surface area (Å²) in [5, 5.41) is 0. The number of hydrogen-bond donors (Lipinski definition) is 0. The highest BCUT2D eigenvalue weighted by Crippen LogP contribution is 2.49. The number of halogens is 1. The molecule has 0 aliphatic carbocycles. The molecule has 2 amide bonds. The van der Waals surface area contributed by atoms with Crippen LogP contribution in [-0.4, -0.2) is 29.5 Å². The molecule has 0 N–H and O–H groups in total. The van der Waals surface area contributed by atoms with Gasteiger partial charge in [0.15, 0.2) is 6.29 Å². The van der Waals surface area contributed by atoms with Crippen LogP contribution in [0.15, 0.2) is 28.1 Å². The van der Waals surface area contributed by atoms with Crippen LogP contribution in [0, 0.1) is 5.92 Å². The fourth-order valence-electron chi connectivity index (χ4n) is 3.86. The van der Waals surface area contributed by atoms with Gasteiger partial charge in [-0.15, -0.1) is 34.0 Å². The maximum Gasteiger partial charge on any atom is 0.263 e. The zero-order chi connectivity index (χ0) is 22.1. The van der Waals surface area contributed by atoms with Crippen LogP contribution in [0.25, 0.3) is 19.5 Å². The van der Waals surface area contributed by atoms with Crippen LogP contribution in [0.1, 0.15) is 69.9 Å². The highest BCUT2D eigenvalue weighted by Gasteiger charge is 2.43. The van der Waals surface area contributed by atoms with Gasteiger partial charge in [0.1, 0.15) is 0 Å². The Bertz CT molecular complexity index is 1140. The van der Waals surface area contributed by atoms with Crippen molar-refractivity contribution in [1.82, 2.24) is 4.90 Å². The molecule has 4 nitrogen and oxygen atoms in total. The van der Waals surface area contributed by atoms with Gasteiger partial charge >= 0.3 is 0 Å². The van der Waals surface area contributed by atoms with Gasteiger partial charge in [-0.2, -0.15) is 0 Å². The lowest BCUT2D eigenvalue weighted by Gasteiger charge is -2.21. The van der Waals surface area contributed by atoms with E-state index in [-0.39, 0.29) is 11.8 Å². The normalized spacial score (nSPS) is 14.4. The topological polar surface area (TPSA) is 54.5 Å². The number of thiophene rings is 3. The minimum Gasteiger partial charge on any atom is -0.297 e. The molecule has 0 saturated carbocycles. The van der Waals surface area contributed by atoms with E-state index in [1.165, 1.54) is 27.6 Å². The molecule has 0 saturated heterocycles. The summed E-state index contributed by atoms with van der Waals surface area (Å²) < 4.78 is 0.977. The Morgan fingerprint density at radius 3 is 2.13 bits per heavy atom. The predicted octanol–water partition coefficient (Wildman–Crippen LogP) is 7.59. The Hall–Kier alpha value is -1.61. The van der Waals surface area contributed by atoms with Crippen molar-refractivity contribution < 1.29 is 14.4 Å². The number of rotatable bonds is 9. The predicted molar refractivity (Wildman–Crippen MR) is 133 cm³/mol. The van der Waals surface area contributed by atoms with Crippen LogP contribution in [0.2, 0.25) is 0 Å². The average molecular weight is 537 g/mol. The van der Waals surface area contributed by atoms with Crippen LogP contribution >= 0.6 is 49.9 Å². The number of aldehydes is 1. The second kappa shape index (κ2) is 9.48. The first-order chi connectivity index (χ1) is 15.0. The van der Waals surface area contributed by atoms with Crippen molar-refractivity contribution in [3.8, 4) is 19.5 Å². The van der Waals surface area contributed by atoms with Crippen molar-refractivity contribution in [2.24, 2.45) is 5.92 Å². The van der Waals surface area contributed by atoms with Gasteiger partial charge in [0.25, 0.3) is 11.8 Å². The lowest BCUT2D eigenvalue weighted by atomic mass is 9.99. The summed E-state index contributed by atoms with van der Waals surface area (Å²) in [6.45, 7) is 4.74. The number of imide groups is 1. The first kappa shape index (κ1) is 22.6. The van der Waals surface area contributed by atoms with E-state index >= 15 is 0 Å². The van der Waals surface area contributed by atoms with Crippen LogP contribution in [0.4, 0.5) is 0 Å². The van der Waals surface area contributed by atoms with E-state index in [1.807, 2.05) is 18.2 Å². The average Bonchev–Trinajstić information content (AvgIpc) is 3.53. The number of amides is 2. The molecule has 1 atom stereocenters. The Morgan fingerprint density at radius 2 is 1.61 bits per heavy atom. The molecule has 4 heterocycles. The van der Waals surface area contributed by atoms with Gasteiger partial charge in [-0.3, -0.25) is 19.3 Å². The fourth-order valence-corrected chi connectivity index (χ4v) is 7.59. The molecule has 3 aromatic heterocycles. The van der Waals surface area contributed by atoms with E-state index in [9.17, 15) is 14.4 Å². The molecular formula is C23H22BrNO3S3. The third-order valence-electron chi connectivity index (χ3n) is 5.57. The first-order valence-electron chi connectivity index (χ1n) is 10.3.